The number of amides is 1. The number of benzene rings is 1. The lowest BCUT2D eigenvalue weighted by atomic mass is 10.1. The molecular weight excluding hydrogens is 298 g/mol. The molecule has 0 aliphatic heterocycles. The molecule has 0 radical (unpaired) electrons. The molecule has 4 nitrogen and oxygen atoms in total. The van der Waals surface area contributed by atoms with Gasteiger partial charge in [-0.3, -0.25) is 9.59 Å². The Morgan fingerprint density at radius 3 is 2.36 bits per heavy atom. The number of carbonyl (C=O) groups excluding carboxylic acids is 2. The SMILES string of the molecule is CC(=O)c1ccc(OC(C)C(=O)NC(C)c2cccs2)cc1. The van der Waals surface area contributed by atoms with Gasteiger partial charge in [-0.05, 0) is 56.5 Å². The number of rotatable bonds is 6. The summed E-state index contributed by atoms with van der Waals surface area (Å²) in [5, 5.41) is 4.90. The summed E-state index contributed by atoms with van der Waals surface area (Å²) in [7, 11) is 0. The second-order valence-electron chi connectivity index (χ2n) is 5.09. The highest BCUT2D eigenvalue weighted by molar-refractivity contribution is 7.10. The lowest BCUT2D eigenvalue weighted by Crippen LogP contribution is -2.37. The predicted octanol–water partition coefficient (Wildman–Crippen LogP) is 3.60. The monoisotopic (exact) mass is 317 g/mol. The third-order valence-corrected chi connectivity index (χ3v) is 4.33. The molecule has 1 amide bonds. The van der Waals surface area contributed by atoms with Crippen LogP contribution in [-0.4, -0.2) is 17.8 Å². The van der Waals surface area contributed by atoms with Crippen molar-refractivity contribution in [2.75, 3.05) is 0 Å². The number of nitrogens with one attached hydrogen (secondary N) is 1. The first-order valence-corrected chi connectivity index (χ1v) is 7.96. The van der Waals surface area contributed by atoms with Gasteiger partial charge in [0.25, 0.3) is 5.91 Å². The summed E-state index contributed by atoms with van der Waals surface area (Å²) in [6.07, 6.45) is -0.606. The minimum absolute atomic E-state index is 0.00196. The minimum atomic E-state index is -0.606. The Balaban J connectivity index is 1.92. The van der Waals surface area contributed by atoms with E-state index in [4.69, 9.17) is 4.74 Å². The predicted molar refractivity (Wildman–Crippen MR) is 87.4 cm³/mol. The summed E-state index contributed by atoms with van der Waals surface area (Å²) in [6, 6.07) is 10.7. The number of hydrogen-bond acceptors (Lipinski definition) is 4. The van der Waals surface area contributed by atoms with Gasteiger partial charge < -0.3 is 10.1 Å². The molecule has 1 aromatic carbocycles. The summed E-state index contributed by atoms with van der Waals surface area (Å²) < 4.78 is 5.61. The Kier molecular flexibility index (Phi) is 5.33. The standard InChI is InChI=1S/C17H19NO3S/c1-11(16-5-4-10-22-16)18-17(20)13(3)21-15-8-6-14(7-9-15)12(2)19/h4-11,13H,1-3H3,(H,18,20). The van der Waals surface area contributed by atoms with Crippen molar-refractivity contribution in [3.05, 3.63) is 52.2 Å². The van der Waals surface area contributed by atoms with Gasteiger partial charge >= 0.3 is 0 Å². The molecule has 116 valence electrons. The molecule has 2 aromatic rings. The highest BCUT2D eigenvalue weighted by Gasteiger charge is 2.18. The van der Waals surface area contributed by atoms with E-state index >= 15 is 0 Å². The maximum absolute atomic E-state index is 12.1. The van der Waals surface area contributed by atoms with Gasteiger partial charge in [-0.2, -0.15) is 0 Å². The largest absolute Gasteiger partial charge is 0.481 e. The van der Waals surface area contributed by atoms with Crippen molar-refractivity contribution in [3.8, 4) is 5.75 Å². The van der Waals surface area contributed by atoms with Gasteiger partial charge in [-0.25, -0.2) is 0 Å². The summed E-state index contributed by atoms with van der Waals surface area (Å²) in [4.78, 5) is 24.5. The van der Waals surface area contributed by atoms with E-state index < -0.39 is 6.10 Å². The van der Waals surface area contributed by atoms with Crippen molar-refractivity contribution < 1.29 is 14.3 Å². The Bertz CT molecular complexity index is 634. The minimum Gasteiger partial charge on any atom is -0.481 e. The van der Waals surface area contributed by atoms with Crippen LogP contribution in [0.5, 0.6) is 5.75 Å². The molecule has 0 saturated heterocycles. The van der Waals surface area contributed by atoms with Gasteiger partial charge in [0.2, 0.25) is 0 Å². The molecule has 1 aromatic heterocycles. The van der Waals surface area contributed by atoms with Crippen LogP contribution in [0.3, 0.4) is 0 Å². The van der Waals surface area contributed by atoms with Crippen LogP contribution in [0, 0.1) is 0 Å². The van der Waals surface area contributed by atoms with Gasteiger partial charge in [0.15, 0.2) is 11.9 Å². The Labute approximate surface area is 134 Å². The quantitative estimate of drug-likeness (QED) is 0.828. The van der Waals surface area contributed by atoms with Crippen LogP contribution < -0.4 is 10.1 Å². The lowest BCUT2D eigenvalue weighted by molar-refractivity contribution is -0.127. The third kappa shape index (κ3) is 4.18. The van der Waals surface area contributed by atoms with Crippen LogP contribution in [-0.2, 0) is 4.79 Å². The van der Waals surface area contributed by atoms with E-state index in [9.17, 15) is 9.59 Å². The maximum atomic E-state index is 12.1. The molecule has 2 atom stereocenters. The number of hydrogen-bond donors (Lipinski definition) is 1. The van der Waals surface area contributed by atoms with Gasteiger partial charge in [0, 0.05) is 10.4 Å². The Hall–Kier alpha value is -2.14. The van der Waals surface area contributed by atoms with Crippen LogP contribution in [0.2, 0.25) is 0 Å². The average molecular weight is 317 g/mol. The Morgan fingerprint density at radius 1 is 1.14 bits per heavy atom. The van der Waals surface area contributed by atoms with E-state index in [0.717, 1.165) is 4.88 Å². The second kappa shape index (κ2) is 7.22. The van der Waals surface area contributed by atoms with Crippen molar-refractivity contribution in [1.82, 2.24) is 5.32 Å². The molecule has 0 spiro atoms. The topological polar surface area (TPSA) is 55.4 Å². The summed E-state index contributed by atoms with van der Waals surface area (Å²) in [5.74, 6) is 0.398. The fraction of sp³-hybridized carbons (Fsp3) is 0.294. The van der Waals surface area contributed by atoms with Crippen molar-refractivity contribution in [1.29, 1.82) is 0 Å². The molecule has 0 aliphatic rings. The zero-order chi connectivity index (χ0) is 16.1. The third-order valence-electron chi connectivity index (χ3n) is 3.27. The molecule has 0 saturated carbocycles. The van der Waals surface area contributed by atoms with Crippen LogP contribution in [0.25, 0.3) is 0 Å². The summed E-state index contributed by atoms with van der Waals surface area (Å²) in [6.45, 7) is 5.16. The van der Waals surface area contributed by atoms with Crippen LogP contribution in [0.1, 0.15) is 42.0 Å². The van der Waals surface area contributed by atoms with Crippen LogP contribution >= 0.6 is 11.3 Å². The highest BCUT2D eigenvalue weighted by Crippen LogP contribution is 2.19. The number of carbonyl (C=O) groups is 2. The maximum Gasteiger partial charge on any atom is 0.261 e. The molecular formula is C17H19NO3S. The molecule has 1 heterocycles. The molecule has 2 rings (SSSR count). The van der Waals surface area contributed by atoms with E-state index in [-0.39, 0.29) is 17.7 Å². The van der Waals surface area contributed by atoms with Gasteiger partial charge in [-0.15, -0.1) is 11.3 Å². The molecule has 5 heteroatoms. The normalized spacial score (nSPS) is 13.2. The van der Waals surface area contributed by atoms with Crippen LogP contribution in [0.15, 0.2) is 41.8 Å². The number of ether oxygens (including phenoxy) is 1. The number of Topliss-reactive ketones (excluding diaryl/α,β-unsaturated/α-hetero) is 1. The highest BCUT2D eigenvalue weighted by atomic mass is 32.1. The van der Waals surface area contributed by atoms with E-state index in [1.54, 1.807) is 42.5 Å². The van der Waals surface area contributed by atoms with Gasteiger partial charge in [0.05, 0.1) is 6.04 Å². The molecule has 2 unspecified atom stereocenters. The molecule has 22 heavy (non-hydrogen) atoms. The zero-order valence-electron chi connectivity index (χ0n) is 12.8. The van der Waals surface area contributed by atoms with Crippen molar-refractivity contribution in [2.45, 2.75) is 32.9 Å². The van der Waals surface area contributed by atoms with E-state index in [0.29, 0.717) is 11.3 Å². The van der Waals surface area contributed by atoms with Gasteiger partial charge in [0.1, 0.15) is 5.75 Å². The van der Waals surface area contributed by atoms with E-state index in [1.807, 2.05) is 24.4 Å². The van der Waals surface area contributed by atoms with Crippen molar-refractivity contribution >= 4 is 23.0 Å². The first-order chi connectivity index (χ1) is 10.5. The average Bonchev–Trinajstić information content (AvgIpc) is 3.02. The summed E-state index contributed by atoms with van der Waals surface area (Å²) >= 11 is 1.61. The van der Waals surface area contributed by atoms with E-state index in [1.165, 1.54) is 6.92 Å². The van der Waals surface area contributed by atoms with Crippen LogP contribution in [0.4, 0.5) is 0 Å². The summed E-state index contributed by atoms with van der Waals surface area (Å²) in [5.41, 5.74) is 0.621. The molecule has 0 aliphatic carbocycles. The number of ketones is 1. The van der Waals surface area contributed by atoms with Crippen molar-refractivity contribution in [2.24, 2.45) is 0 Å². The second-order valence-corrected chi connectivity index (χ2v) is 6.07. The molecule has 0 bridgehead atoms. The fourth-order valence-electron chi connectivity index (χ4n) is 1.97. The smallest absolute Gasteiger partial charge is 0.261 e. The number of thiophene rings is 1. The fourth-order valence-corrected chi connectivity index (χ4v) is 2.70. The zero-order valence-corrected chi connectivity index (χ0v) is 13.6. The Morgan fingerprint density at radius 2 is 1.82 bits per heavy atom. The first-order valence-electron chi connectivity index (χ1n) is 7.09. The molecule has 1 N–H and O–H groups in total. The van der Waals surface area contributed by atoms with Crippen molar-refractivity contribution in [3.63, 3.8) is 0 Å². The lowest BCUT2D eigenvalue weighted by Gasteiger charge is -2.18. The first kappa shape index (κ1) is 16.2. The molecule has 0 fully saturated rings. The van der Waals surface area contributed by atoms with Gasteiger partial charge in [-0.1, -0.05) is 6.07 Å². The van der Waals surface area contributed by atoms with E-state index in [2.05, 4.69) is 5.32 Å².